The van der Waals surface area contributed by atoms with Crippen LogP contribution in [0.1, 0.15) is 32.1 Å². The van der Waals surface area contributed by atoms with E-state index in [1.54, 1.807) is 0 Å². The van der Waals surface area contributed by atoms with Crippen molar-refractivity contribution in [3.63, 3.8) is 0 Å². The molecule has 1 saturated carbocycles. The molecule has 0 aromatic carbocycles. The van der Waals surface area contributed by atoms with E-state index in [9.17, 15) is 0 Å². The van der Waals surface area contributed by atoms with Crippen LogP contribution in [0.25, 0.3) is 0 Å². The van der Waals surface area contributed by atoms with Crippen molar-refractivity contribution in [1.29, 1.82) is 0 Å². The van der Waals surface area contributed by atoms with Crippen LogP contribution in [0.4, 0.5) is 0 Å². The first-order valence-electron chi connectivity index (χ1n) is 5.10. The molecule has 1 aliphatic carbocycles. The molecular weight excluding hydrogens is 148 g/mol. The molecule has 2 heteroatoms. The summed E-state index contributed by atoms with van der Waals surface area (Å²) in [6.45, 7) is 1.21. The largest absolute Gasteiger partial charge is 0.327 e. The number of nitrogens with two attached hydrogens (primary N) is 1. The highest BCUT2D eigenvalue weighted by Gasteiger charge is 2.22. The molecule has 0 bridgehead atoms. The molecule has 12 heavy (non-hydrogen) atoms. The second-order valence-electron chi connectivity index (χ2n) is 4.30. The summed E-state index contributed by atoms with van der Waals surface area (Å²) in [6.07, 6.45) is 6.62. The van der Waals surface area contributed by atoms with Gasteiger partial charge in [0.2, 0.25) is 0 Å². The van der Waals surface area contributed by atoms with Gasteiger partial charge in [-0.3, -0.25) is 0 Å². The minimum atomic E-state index is 0.507. The minimum absolute atomic E-state index is 0.507. The van der Waals surface area contributed by atoms with E-state index in [2.05, 4.69) is 19.0 Å². The van der Waals surface area contributed by atoms with Crippen LogP contribution in [0.5, 0.6) is 0 Å². The Morgan fingerprint density at radius 2 is 2.08 bits per heavy atom. The summed E-state index contributed by atoms with van der Waals surface area (Å²) in [7, 11) is 4.27. The third-order valence-electron chi connectivity index (χ3n) is 2.90. The fourth-order valence-electron chi connectivity index (χ4n) is 2.09. The molecule has 0 aromatic heterocycles. The number of hydrogen-bond acceptors (Lipinski definition) is 2. The summed E-state index contributed by atoms with van der Waals surface area (Å²) in [6, 6.07) is 0.507. The average Bonchev–Trinajstić information content (AvgIpc) is 2.36. The summed E-state index contributed by atoms with van der Waals surface area (Å²) in [5.74, 6) is 0.824. The molecule has 0 amide bonds. The Hall–Kier alpha value is -0.0800. The fourth-order valence-corrected chi connectivity index (χ4v) is 2.09. The molecule has 0 spiro atoms. The van der Waals surface area contributed by atoms with E-state index in [4.69, 9.17) is 5.73 Å². The molecule has 0 radical (unpaired) electrons. The lowest BCUT2D eigenvalue weighted by atomic mass is 9.98. The predicted octanol–water partition coefficient (Wildman–Crippen LogP) is 1.46. The van der Waals surface area contributed by atoms with Gasteiger partial charge in [-0.2, -0.15) is 0 Å². The molecule has 0 aromatic rings. The van der Waals surface area contributed by atoms with Gasteiger partial charge in [0.05, 0.1) is 0 Å². The van der Waals surface area contributed by atoms with Crippen LogP contribution in [0.2, 0.25) is 0 Å². The lowest BCUT2D eigenvalue weighted by Crippen LogP contribution is -2.25. The zero-order valence-corrected chi connectivity index (χ0v) is 8.42. The van der Waals surface area contributed by atoms with Gasteiger partial charge in [0, 0.05) is 6.04 Å². The molecule has 2 unspecified atom stereocenters. The van der Waals surface area contributed by atoms with Crippen LogP contribution in [0.15, 0.2) is 0 Å². The Labute approximate surface area is 76.1 Å². The number of rotatable bonds is 4. The van der Waals surface area contributed by atoms with Gasteiger partial charge in [-0.05, 0) is 52.2 Å². The quantitative estimate of drug-likeness (QED) is 0.692. The molecule has 0 heterocycles. The normalized spacial score (nSPS) is 30.0. The first-order chi connectivity index (χ1) is 5.70. The van der Waals surface area contributed by atoms with Gasteiger partial charge >= 0.3 is 0 Å². The molecule has 2 atom stereocenters. The SMILES string of the molecule is CN(C)CCCC1CCCC1N. The van der Waals surface area contributed by atoms with Crippen molar-refractivity contribution in [3.05, 3.63) is 0 Å². The van der Waals surface area contributed by atoms with E-state index in [0.717, 1.165) is 5.92 Å². The minimum Gasteiger partial charge on any atom is -0.327 e. The highest BCUT2D eigenvalue weighted by molar-refractivity contribution is 4.79. The molecule has 2 nitrogen and oxygen atoms in total. The molecule has 2 N–H and O–H groups in total. The van der Waals surface area contributed by atoms with E-state index < -0.39 is 0 Å². The number of nitrogens with zero attached hydrogens (tertiary/aromatic N) is 1. The lowest BCUT2D eigenvalue weighted by Gasteiger charge is -2.16. The van der Waals surface area contributed by atoms with Crippen molar-refractivity contribution in [2.45, 2.75) is 38.1 Å². The molecule has 0 aliphatic heterocycles. The summed E-state index contributed by atoms with van der Waals surface area (Å²) in [4.78, 5) is 2.25. The highest BCUT2D eigenvalue weighted by atomic mass is 15.0. The van der Waals surface area contributed by atoms with Crippen molar-refractivity contribution < 1.29 is 0 Å². The van der Waals surface area contributed by atoms with Crippen LogP contribution in [-0.2, 0) is 0 Å². The third-order valence-corrected chi connectivity index (χ3v) is 2.90. The average molecular weight is 170 g/mol. The van der Waals surface area contributed by atoms with Crippen LogP contribution < -0.4 is 5.73 Å². The maximum absolute atomic E-state index is 5.98. The van der Waals surface area contributed by atoms with E-state index in [0.29, 0.717) is 6.04 Å². The smallest absolute Gasteiger partial charge is 0.00671 e. The second kappa shape index (κ2) is 4.83. The Bertz CT molecular complexity index is 123. The van der Waals surface area contributed by atoms with Crippen molar-refractivity contribution in [1.82, 2.24) is 4.90 Å². The lowest BCUT2D eigenvalue weighted by molar-refractivity contribution is 0.355. The van der Waals surface area contributed by atoms with Crippen LogP contribution in [0.3, 0.4) is 0 Å². The molecular formula is C10H22N2. The van der Waals surface area contributed by atoms with Gasteiger partial charge < -0.3 is 10.6 Å². The maximum atomic E-state index is 5.98. The highest BCUT2D eigenvalue weighted by Crippen LogP contribution is 2.27. The van der Waals surface area contributed by atoms with Gasteiger partial charge in [0.25, 0.3) is 0 Å². The monoisotopic (exact) mass is 170 g/mol. The van der Waals surface area contributed by atoms with Gasteiger partial charge in [0.1, 0.15) is 0 Å². The Morgan fingerprint density at radius 3 is 2.58 bits per heavy atom. The van der Waals surface area contributed by atoms with E-state index >= 15 is 0 Å². The molecule has 1 rings (SSSR count). The Kier molecular flexibility index (Phi) is 4.02. The van der Waals surface area contributed by atoms with Gasteiger partial charge in [0.15, 0.2) is 0 Å². The third kappa shape index (κ3) is 3.11. The Morgan fingerprint density at radius 1 is 1.33 bits per heavy atom. The van der Waals surface area contributed by atoms with Crippen LogP contribution >= 0.6 is 0 Å². The van der Waals surface area contributed by atoms with Gasteiger partial charge in [-0.25, -0.2) is 0 Å². The summed E-state index contributed by atoms with van der Waals surface area (Å²) in [5, 5.41) is 0. The van der Waals surface area contributed by atoms with E-state index in [1.165, 1.54) is 38.6 Å². The van der Waals surface area contributed by atoms with Crippen LogP contribution in [-0.4, -0.2) is 31.6 Å². The summed E-state index contributed by atoms with van der Waals surface area (Å²) >= 11 is 0. The fraction of sp³-hybridized carbons (Fsp3) is 1.00. The zero-order valence-electron chi connectivity index (χ0n) is 8.42. The molecule has 0 saturated heterocycles. The first kappa shape index (κ1) is 10.0. The topological polar surface area (TPSA) is 29.3 Å². The summed E-state index contributed by atoms with van der Waals surface area (Å²) in [5.41, 5.74) is 5.98. The van der Waals surface area contributed by atoms with Crippen molar-refractivity contribution in [2.75, 3.05) is 20.6 Å². The standard InChI is InChI=1S/C10H22N2/c1-12(2)8-4-6-9-5-3-7-10(9)11/h9-10H,3-8,11H2,1-2H3. The van der Waals surface area contributed by atoms with E-state index in [-0.39, 0.29) is 0 Å². The van der Waals surface area contributed by atoms with Crippen molar-refractivity contribution in [3.8, 4) is 0 Å². The molecule has 1 fully saturated rings. The zero-order chi connectivity index (χ0) is 8.97. The second-order valence-corrected chi connectivity index (χ2v) is 4.30. The van der Waals surface area contributed by atoms with Gasteiger partial charge in [-0.1, -0.05) is 6.42 Å². The van der Waals surface area contributed by atoms with Gasteiger partial charge in [-0.15, -0.1) is 0 Å². The number of hydrogen-bond donors (Lipinski definition) is 1. The summed E-state index contributed by atoms with van der Waals surface area (Å²) < 4.78 is 0. The Balaban J connectivity index is 2.06. The molecule has 72 valence electrons. The van der Waals surface area contributed by atoms with E-state index in [1.807, 2.05) is 0 Å². The first-order valence-corrected chi connectivity index (χ1v) is 5.10. The van der Waals surface area contributed by atoms with Crippen molar-refractivity contribution in [2.24, 2.45) is 11.7 Å². The maximum Gasteiger partial charge on any atom is 0.00671 e. The predicted molar refractivity (Wildman–Crippen MR) is 53.1 cm³/mol. The molecule has 1 aliphatic rings. The van der Waals surface area contributed by atoms with Crippen LogP contribution in [0, 0.1) is 5.92 Å². The van der Waals surface area contributed by atoms with Crippen molar-refractivity contribution >= 4 is 0 Å².